The number of aromatic nitrogens is 3. The van der Waals surface area contributed by atoms with E-state index in [0.29, 0.717) is 18.0 Å². The van der Waals surface area contributed by atoms with Crippen LogP contribution in [-0.4, -0.2) is 38.7 Å². The molecule has 0 radical (unpaired) electrons. The number of hydrogen-bond acceptors (Lipinski definition) is 4. The zero-order chi connectivity index (χ0) is 16.8. The average molecular weight is 328 g/mol. The fourth-order valence-electron chi connectivity index (χ4n) is 3.39. The molecular formula is C18H24N4O2. The van der Waals surface area contributed by atoms with E-state index in [2.05, 4.69) is 15.6 Å². The molecule has 2 N–H and O–H groups in total. The summed E-state index contributed by atoms with van der Waals surface area (Å²) in [5.74, 6) is 0.281. The van der Waals surface area contributed by atoms with Crippen LogP contribution in [0.4, 0.5) is 0 Å². The van der Waals surface area contributed by atoms with Gasteiger partial charge in [-0.3, -0.25) is 4.79 Å². The number of nitrogens with zero attached hydrogens (tertiary/aromatic N) is 3. The lowest BCUT2D eigenvalue weighted by molar-refractivity contribution is 0.0641. The van der Waals surface area contributed by atoms with Gasteiger partial charge in [0, 0.05) is 6.54 Å². The second-order valence-electron chi connectivity index (χ2n) is 6.37. The lowest BCUT2D eigenvalue weighted by atomic mass is 9.83. The first-order chi connectivity index (χ1) is 11.8. The highest BCUT2D eigenvalue weighted by Crippen LogP contribution is 2.27. The highest BCUT2D eigenvalue weighted by atomic mass is 16.3. The van der Waals surface area contributed by atoms with Crippen molar-refractivity contribution in [2.75, 3.05) is 6.54 Å². The Bertz CT molecular complexity index is 657. The molecule has 24 heavy (non-hydrogen) atoms. The molecule has 0 unspecified atom stereocenters. The van der Waals surface area contributed by atoms with Gasteiger partial charge < -0.3 is 10.4 Å². The molecule has 2 aromatic rings. The minimum atomic E-state index is -0.164. The molecule has 1 aromatic heterocycles. The quantitative estimate of drug-likeness (QED) is 0.798. The Balaban J connectivity index is 1.52. The molecule has 1 aliphatic carbocycles. The monoisotopic (exact) mass is 328 g/mol. The van der Waals surface area contributed by atoms with Crippen molar-refractivity contribution < 1.29 is 9.90 Å². The SMILES string of the molecule is O=C(NCCC[C@H]1CCCC[C@@H]1O)c1ccccc1-n1ccnn1. The number of para-hydroxylation sites is 1. The van der Waals surface area contributed by atoms with Crippen LogP contribution in [0.3, 0.4) is 0 Å². The molecule has 1 aliphatic rings. The first-order valence-corrected chi connectivity index (χ1v) is 8.67. The molecule has 3 rings (SSSR count). The molecule has 1 amide bonds. The third kappa shape index (κ3) is 4.00. The maximum atomic E-state index is 12.5. The number of benzene rings is 1. The second kappa shape index (κ2) is 8.06. The van der Waals surface area contributed by atoms with Crippen molar-refractivity contribution in [1.82, 2.24) is 20.3 Å². The molecule has 0 bridgehead atoms. The van der Waals surface area contributed by atoms with E-state index in [1.54, 1.807) is 23.1 Å². The number of hydrogen-bond donors (Lipinski definition) is 2. The number of aliphatic hydroxyl groups excluding tert-OH is 1. The molecule has 1 saturated carbocycles. The van der Waals surface area contributed by atoms with Gasteiger partial charge in [-0.2, -0.15) is 0 Å². The van der Waals surface area contributed by atoms with Crippen molar-refractivity contribution in [2.24, 2.45) is 5.92 Å². The molecular weight excluding hydrogens is 304 g/mol. The van der Waals surface area contributed by atoms with Crippen LogP contribution in [0.2, 0.25) is 0 Å². The summed E-state index contributed by atoms with van der Waals surface area (Å²) in [5.41, 5.74) is 1.30. The van der Waals surface area contributed by atoms with Gasteiger partial charge in [0.15, 0.2) is 0 Å². The number of aliphatic hydroxyl groups is 1. The van der Waals surface area contributed by atoms with Crippen molar-refractivity contribution in [1.29, 1.82) is 0 Å². The van der Waals surface area contributed by atoms with E-state index in [-0.39, 0.29) is 12.0 Å². The van der Waals surface area contributed by atoms with Gasteiger partial charge in [0.05, 0.1) is 29.7 Å². The fraction of sp³-hybridized carbons (Fsp3) is 0.500. The normalized spacial score (nSPS) is 20.7. The summed E-state index contributed by atoms with van der Waals surface area (Å²) in [5, 5.41) is 20.7. The summed E-state index contributed by atoms with van der Waals surface area (Å²) in [6.45, 7) is 0.619. The van der Waals surface area contributed by atoms with E-state index < -0.39 is 0 Å². The van der Waals surface area contributed by atoms with Gasteiger partial charge in [-0.15, -0.1) is 5.10 Å². The lowest BCUT2D eigenvalue weighted by Crippen LogP contribution is -2.28. The zero-order valence-electron chi connectivity index (χ0n) is 13.8. The van der Waals surface area contributed by atoms with Crippen LogP contribution in [-0.2, 0) is 0 Å². The van der Waals surface area contributed by atoms with Gasteiger partial charge in [0.2, 0.25) is 0 Å². The van der Waals surface area contributed by atoms with E-state index >= 15 is 0 Å². The molecule has 0 aliphatic heterocycles. The van der Waals surface area contributed by atoms with Crippen LogP contribution in [0.5, 0.6) is 0 Å². The number of carbonyl (C=O) groups excluding carboxylic acids is 1. The molecule has 0 saturated heterocycles. The fourth-order valence-corrected chi connectivity index (χ4v) is 3.39. The predicted molar refractivity (Wildman–Crippen MR) is 90.9 cm³/mol. The van der Waals surface area contributed by atoms with Gasteiger partial charge in [-0.1, -0.05) is 30.2 Å². The topological polar surface area (TPSA) is 80.0 Å². The van der Waals surface area contributed by atoms with Crippen molar-refractivity contribution in [2.45, 2.75) is 44.6 Å². The Morgan fingerprint density at radius 1 is 1.29 bits per heavy atom. The standard InChI is InChI=1S/C18H24N4O2/c23-17-10-4-1-6-14(17)7-5-11-19-18(24)15-8-2-3-9-16(15)22-13-12-20-21-22/h2-3,8-9,12-14,17,23H,1,4-7,10-11H2,(H,19,24)/t14-,17+/m1/s1. The van der Waals surface area contributed by atoms with Crippen molar-refractivity contribution in [3.8, 4) is 5.69 Å². The lowest BCUT2D eigenvalue weighted by Gasteiger charge is -2.27. The van der Waals surface area contributed by atoms with Gasteiger partial charge >= 0.3 is 0 Å². The van der Waals surface area contributed by atoms with Crippen molar-refractivity contribution in [3.05, 3.63) is 42.2 Å². The molecule has 1 aromatic carbocycles. The maximum Gasteiger partial charge on any atom is 0.253 e. The van der Waals surface area contributed by atoms with Crippen LogP contribution >= 0.6 is 0 Å². The molecule has 1 heterocycles. The van der Waals surface area contributed by atoms with Crippen molar-refractivity contribution in [3.63, 3.8) is 0 Å². The first kappa shape index (κ1) is 16.6. The number of amides is 1. The molecule has 6 heteroatoms. The van der Waals surface area contributed by atoms with Gasteiger partial charge in [0.25, 0.3) is 5.91 Å². The number of rotatable bonds is 6. The summed E-state index contributed by atoms with van der Waals surface area (Å²) in [6, 6.07) is 7.35. The third-order valence-corrected chi connectivity index (χ3v) is 4.72. The summed E-state index contributed by atoms with van der Waals surface area (Å²) in [7, 11) is 0. The van der Waals surface area contributed by atoms with E-state index in [9.17, 15) is 9.90 Å². The second-order valence-corrected chi connectivity index (χ2v) is 6.37. The van der Waals surface area contributed by atoms with Crippen molar-refractivity contribution >= 4 is 5.91 Å². The van der Waals surface area contributed by atoms with Crippen LogP contribution in [0, 0.1) is 5.92 Å². The summed E-state index contributed by atoms with van der Waals surface area (Å²) < 4.78 is 1.59. The van der Waals surface area contributed by atoms with E-state index in [1.165, 1.54) is 6.42 Å². The van der Waals surface area contributed by atoms with Gasteiger partial charge in [0.1, 0.15) is 0 Å². The summed E-state index contributed by atoms with van der Waals surface area (Å²) in [4.78, 5) is 12.5. The molecule has 0 spiro atoms. The highest BCUT2D eigenvalue weighted by Gasteiger charge is 2.22. The number of carbonyl (C=O) groups is 1. The van der Waals surface area contributed by atoms with Gasteiger partial charge in [-0.25, -0.2) is 4.68 Å². The Labute approximate surface area is 141 Å². The van der Waals surface area contributed by atoms with Crippen LogP contribution in [0.15, 0.2) is 36.7 Å². The van der Waals surface area contributed by atoms with Gasteiger partial charge in [-0.05, 0) is 43.7 Å². The smallest absolute Gasteiger partial charge is 0.253 e. The molecule has 128 valence electrons. The zero-order valence-corrected chi connectivity index (χ0v) is 13.8. The third-order valence-electron chi connectivity index (χ3n) is 4.72. The maximum absolute atomic E-state index is 12.5. The van der Waals surface area contributed by atoms with Crippen LogP contribution in [0.1, 0.15) is 48.9 Å². The summed E-state index contributed by atoms with van der Waals surface area (Å²) in [6.07, 6.45) is 9.35. The Morgan fingerprint density at radius 3 is 2.92 bits per heavy atom. The Hall–Kier alpha value is -2.21. The minimum absolute atomic E-state index is 0.106. The van der Waals surface area contributed by atoms with Crippen LogP contribution in [0.25, 0.3) is 5.69 Å². The van der Waals surface area contributed by atoms with E-state index in [1.807, 2.05) is 18.2 Å². The average Bonchev–Trinajstić information content (AvgIpc) is 3.14. The Kier molecular flexibility index (Phi) is 5.59. The van der Waals surface area contributed by atoms with Crippen LogP contribution < -0.4 is 5.32 Å². The largest absolute Gasteiger partial charge is 0.393 e. The molecule has 2 atom stereocenters. The molecule has 1 fully saturated rings. The Morgan fingerprint density at radius 2 is 2.12 bits per heavy atom. The minimum Gasteiger partial charge on any atom is -0.393 e. The first-order valence-electron chi connectivity index (χ1n) is 8.67. The summed E-state index contributed by atoms with van der Waals surface area (Å²) >= 11 is 0. The highest BCUT2D eigenvalue weighted by molar-refractivity contribution is 5.97. The van der Waals surface area contributed by atoms with E-state index in [4.69, 9.17) is 0 Å². The van der Waals surface area contributed by atoms with E-state index in [0.717, 1.165) is 37.8 Å². The molecule has 6 nitrogen and oxygen atoms in total. The number of nitrogens with one attached hydrogen (secondary N) is 1. The predicted octanol–water partition coefficient (Wildman–Crippen LogP) is 2.33.